The monoisotopic (exact) mass is 564 g/mol. The number of benzene rings is 3. The summed E-state index contributed by atoms with van der Waals surface area (Å²) in [6.45, 7) is 1.99. The first-order valence-corrected chi connectivity index (χ1v) is 13.5. The average molecular weight is 565 g/mol. The Kier molecular flexibility index (Phi) is 7.99. The van der Waals surface area contributed by atoms with Crippen LogP contribution in [0.1, 0.15) is 21.6 Å². The number of carbonyl (C=O) groups is 1. The zero-order chi connectivity index (χ0) is 28.9. The Morgan fingerprint density at radius 1 is 0.976 bits per heavy atom. The fourth-order valence-electron chi connectivity index (χ4n) is 4.19. The lowest BCUT2D eigenvalue weighted by Crippen LogP contribution is -2.39. The largest absolute Gasteiger partial charge is 0.539 e. The lowest BCUT2D eigenvalue weighted by atomic mass is 9.98. The molecular formula is C31H24N4O5S. The van der Waals surface area contributed by atoms with E-state index in [2.05, 4.69) is 11.3 Å². The van der Waals surface area contributed by atoms with Gasteiger partial charge in [0.25, 0.3) is 0 Å². The molecule has 0 aliphatic heterocycles. The number of hydrogen-bond acceptors (Lipinski definition) is 9. The second-order valence-electron chi connectivity index (χ2n) is 8.97. The van der Waals surface area contributed by atoms with Gasteiger partial charge in [-0.3, -0.25) is 4.79 Å². The van der Waals surface area contributed by atoms with Gasteiger partial charge in [-0.15, -0.1) is 0 Å². The van der Waals surface area contributed by atoms with Crippen LogP contribution >= 0.6 is 11.8 Å². The molecule has 5 aromatic rings. The van der Waals surface area contributed by atoms with Crippen molar-refractivity contribution in [1.82, 2.24) is 10.3 Å². The van der Waals surface area contributed by atoms with Gasteiger partial charge in [-0.25, -0.2) is 4.98 Å². The number of carbonyl (C=O) groups excluding carboxylic acids is 1. The van der Waals surface area contributed by atoms with Gasteiger partial charge in [0, 0.05) is 23.3 Å². The standard InChI is InChI=1S/C31H24N4O5S/c1-19-4-6-20(7-5-19)25-16-27(21-8-12-23(38-2)13-9-21)33-30(26(25)17-32)41-18-28(36)29-31(37)40-34-35(29)22-10-14-24(39-3)15-11-22/h4-16H,18H2,1-3H3. The van der Waals surface area contributed by atoms with Crippen molar-refractivity contribution >= 4 is 17.5 Å². The predicted molar refractivity (Wildman–Crippen MR) is 150 cm³/mol. The van der Waals surface area contributed by atoms with Crippen molar-refractivity contribution in [1.29, 1.82) is 5.26 Å². The highest BCUT2D eigenvalue weighted by molar-refractivity contribution is 8.00. The molecule has 0 radical (unpaired) electrons. The molecule has 0 spiro atoms. The zero-order valence-corrected chi connectivity index (χ0v) is 23.3. The Morgan fingerprint density at radius 3 is 2.20 bits per heavy atom. The second-order valence-corrected chi connectivity index (χ2v) is 9.94. The molecule has 0 aliphatic carbocycles. The SMILES string of the molecule is COc1ccc(-c2cc(-c3ccc(C)cc3)c(C#N)c(SCC(=O)c3c([O-])on[n+]3-c3ccc(OC)cc3)n2)cc1. The molecule has 3 aromatic carbocycles. The molecular weight excluding hydrogens is 540 g/mol. The summed E-state index contributed by atoms with van der Waals surface area (Å²) in [5.41, 5.74) is 4.62. The Hall–Kier alpha value is -5.14. The first kappa shape index (κ1) is 27.4. The zero-order valence-electron chi connectivity index (χ0n) is 22.5. The van der Waals surface area contributed by atoms with Gasteiger partial charge in [0.1, 0.15) is 22.6 Å². The highest BCUT2D eigenvalue weighted by Gasteiger charge is 2.28. The maximum atomic E-state index is 13.3. The Labute approximate surface area is 240 Å². The minimum absolute atomic E-state index is 0.173. The van der Waals surface area contributed by atoms with Crippen LogP contribution in [-0.2, 0) is 0 Å². The first-order chi connectivity index (χ1) is 19.9. The van der Waals surface area contributed by atoms with E-state index in [0.717, 1.165) is 33.1 Å². The molecule has 41 heavy (non-hydrogen) atoms. The molecule has 0 N–H and O–H groups in total. The first-order valence-electron chi connectivity index (χ1n) is 12.5. The molecule has 2 heterocycles. The van der Waals surface area contributed by atoms with Crippen molar-refractivity contribution in [2.45, 2.75) is 11.9 Å². The molecule has 0 aliphatic rings. The van der Waals surface area contributed by atoms with Crippen LogP contribution in [0.25, 0.3) is 28.1 Å². The highest BCUT2D eigenvalue weighted by atomic mass is 32.2. The summed E-state index contributed by atoms with van der Waals surface area (Å²) in [7, 11) is 3.13. The van der Waals surface area contributed by atoms with Crippen LogP contribution in [0.15, 0.2) is 88.4 Å². The summed E-state index contributed by atoms with van der Waals surface area (Å²) >= 11 is 1.08. The number of aryl methyl sites for hydroxylation is 1. The van der Waals surface area contributed by atoms with E-state index in [1.165, 1.54) is 7.11 Å². The Bertz CT molecular complexity index is 1740. The number of nitrogens with zero attached hydrogens (tertiary/aromatic N) is 4. The van der Waals surface area contributed by atoms with Crippen LogP contribution < -0.4 is 19.3 Å². The van der Waals surface area contributed by atoms with Crippen LogP contribution in [0.5, 0.6) is 17.4 Å². The Morgan fingerprint density at radius 2 is 1.59 bits per heavy atom. The summed E-state index contributed by atoms with van der Waals surface area (Å²) in [5.74, 6) is -0.233. The topological polar surface area (TPSA) is 125 Å². The molecule has 0 bridgehead atoms. The maximum Gasteiger partial charge on any atom is 0.307 e. The van der Waals surface area contributed by atoms with Gasteiger partial charge in [-0.05, 0) is 59.6 Å². The third kappa shape index (κ3) is 5.76. The minimum Gasteiger partial charge on any atom is -0.539 e. The molecule has 9 nitrogen and oxygen atoms in total. The maximum absolute atomic E-state index is 13.3. The van der Waals surface area contributed by atoms with Crippen LogP contribution in [0, 0.1) is 18.3 Å². The quantitative estimate of drug-likeness (QED) is 0.139. The van der Waals surface area contributed by atoms with Crippen molar-refractivity contribution in [2.75, 3.05) is 20.0 Å². The third-order valence-electron chi connectivity index (χ3n) is 6.38. The van der Waals surface area contributed by atoms with E-state index in [1.54, 1.807) is 31.4 Å². The van der Waals surface area contributed by atoms with E-state index in [4.69, 9.17) is 19.0 Å². The lowest BCUT2D eigenvalue weighted by Gasteiger charge is -2.13. The number of nitriles is 1. The summed E-state index contributed by atoms with van der Waals surface area (Å²) in [4.78, 5) is 18.1. The predicted octanol–water partition coefficient (Wildman–Crippen LogP) is 4.93. The van der Waals surface area contributed by atoms with Crippen LogP contribution in [0.2, 0.25) is 0 Å². The van der Waals surface area contributed by atoms with E-state index in [1.807, 2.05) is 61.5 Å². The van der Waals surface area contributed by atoms with Crippen molar-refractivity contribution in [3.8, 4) is 51.6 Å². The van der Waals surface area contributed by atoms with Crippen molar-refractivity contribution in [2.24, 2.45) is 0 Å². The summed E-state index contributed by atoms with van der Waals surface area (Å²) < 4.78 is 16.4. The molecule has 0 atom stereocenters. The fraction of sp³-hybridized carbons (Fsp3) is 0.129. The van der Waals surface area contributed by atoms with Gasteiger partial charge in [-0.2, -0.15) is 5.26 Å². The van der Waals surface area contributed by atoms with E-state index >= 15 is 0 Å². The number of thioether (sulfide) groups is 1. The molecule has 204 valence electrons. The minimum atomic E-state index is -0.854. The molecule has 10 heteroatoms. The summed E-state index contributed by atoms with van der Waals surface area (Å²) in [6, 6.07) is 26.1. The van der Waals surface area contributed by atoms with Gasteiger partial charge < -0.3 is 19.1 Å². The van der Waals surface area contributed by atoms with Crippen molar-refractivity contribution in [3.63, 3.8) is 0 Å². The molecule has 0 saturated heterocycles. The molecule has 0 fully saturated rings. The van der Waals surface area contributed by atoms with Crippen molar-refractivity contribution < 1.29 is 28.6 Å². The number of ketones is 1. The number of pyridine rings is 1. The molecule has 0 amide bonds. The van der Waals surface area contributed by atoms with E-state index in [-0.39, 0.29) is 11.4 Å². The lowest BCUT2D eigenvalue weighted by molar-refractivity contribution is -0.672. The number of rotatable bonds is 9. The van der Waals surface area contributed by atoms with Gasteiger partial charge in [0.05, 0.1) is 36.5 Å². The summed E-state index contributed by atoms with van der Waals surface area (Å²) in [6.07, 6.45) is 0. The third-order valence-corrected chi connectivity index (χ3v) is 7.35. The molecule has 2 aromatic heterocycles. The van der Waals surface area contributed by atoms with E-state index in [0.29, 0.717) is 39.0 Å². The van der Waals surface area contributed by atoms with Gasteiger partial charge in [0.2, 0.25) is 11.5 Å². The van der Waals surface area contributed by atoms with Crippen molar-refractivity contribution in [3.05, 3.63) is 95.7 Å². The normalized spacial score (nSPS) is 10.7. The number of methoxy groups -OCH3 is 2. The smallest absolute Gasteiger partial charge is 0.307 e. The number of ether oxygens (including phenoxy) is 2. The molecule has 5 rings (SSSR count). The summed E-state index contributed by atoms with van der Waals surface area (Å²) in [5, 5.41) is 26.8. The van der Waals surface area contributed by atoms with Gasteiger partial charge in [0.15, 0.2) is 5.95 Å². The van der Waals surface area contributed by atoms with Gasteiger partial charge >= 0.3 is 5.69 Å². The van der Waals surface area contributed by atoms with E-state index in [9.17, 15) is 15.2 Å². The van der Waals surface area contributed by atoms with Crippen LogP contribution in [0.3, 0.4) is 0 Å². The van der Waals surface area contributed by atoms with Crippen LogP contribution in [0.4, 0.5) is 0 Å². The molecule has 0 unspecified atom stereocenters. The van der Waals surface area contributed by atoms with Gasteiger partial charge in [-0.1, -0.05) is 41.6 Å². The number of hydrogen-bond donors (Lipinski definition) is 0. The van der Waals surface area contributed by atoms with E-state index < -0.39 is 11.7 Å². The average Bonchev–Trinajstić information content (AvgIpc) is 3.41. The Balaban J connectivity index is 1.52. The molecule has 0 saturated carbocycles. The second kappa shape index (κ2) is 11.9. The fourth-order valence-corrected chi connectivity index (χ4v) is 5.05. The number of aromatic nitrogens is 3. The number of Topliss-reactive ketones (excluding diaryl/α,β-unsaturated/α-hetero) is 1. The van der Waals surface area contributed by atoms with Crippen LogP contribution in [-0.4, -0.2) is 36.0 Å². The highest BCUT2D eigenvalue weighted by Crippen LogP contribution is 2.35.